The van der Waals surface area contributed by atoms with Gasteiger partial charge in [-0.3, -0.25) is 4.79 Å². The van der Waals surface area contributed by atoms with Crippen LogP contribution in [0.2, 0.25) is 0 Å². The van der Waals surface area contributed by atoms with E-state index < -0.39 is 62.0 Å². The second kappa shape index (κ2) is 11.8. The van der Waals surface area contributed by atoms with E-state index >= 15 is 0 Å². The molecule has 0 unspecified atom stereocenters. The molecule has 0 aliphatic carbocycles. The van der Waals surface area contributed by atoms with Gasteiger partial charge in [0, 0.05) is 6.08 Å². The lowest BCUT2D eigenvalue weighted by atomic mass is 9.99. The fourth-order valence-corrected chi connectivity index (χ4v) is 2.80. The molecule has 0 radical (unpaired) electrons. The summed E-state index contributed by atoms with van der Waals surface area (Å²) in [6.45, 7) is -1.13. The predicted molar refractivity (Wildman–Crippen MR) is 105 cm³/mol. The first-order valence-electron chi connectivity index (χ1n) is 9.55. The molecule has 0 spiro atoms. The quantitative estimate of drug-likeness (QED) is 0.141. The number of aromatic hydroxyl groups is 2. The maximum Gasteiger partial charge on any atom is 0.330 e. The Bertz CT molecular complexity index is 810. The van der Waals surface area contributed by atoms with Gasteiger partial charge in [-0.2, -0.15) is 0 Å². The Hall–Kier alpha value is -2.74. The van der Waals surface area contributed by atoms with Crippen LogP contribution in [0.1, 0.15) is 12.0 Å². The molecule has 12 nitrogen and oxygen atoms in total. The summed E-state index contributed by atoms with van der Waals surface area (Å²) in [5.41, 5.74) is 0.402. The molecule has 1 aliphatic rings. The number of aliphatic hydroxyl groups excluding tert-OH is 4. The zero-order chi connectivity index (χ0) is 23.8. The highest BCUT2D eigenvalue weighted by Gasteiger charge is 2.45. The molecule has 0 bridgehead atoms. The largest absolute Gasteiger partial charge is 0.504 e. The monoisotopic (exact) mass is 458 g/mol. The Kier molecular flexibility index (Phi) is 9.38. The number of esters is 2. The average molecular weight is 458 g/mol. The highest BCUT2D eigenvalue weighted by Crippen LogP contribution is 2.26. The normalized spacial score (nSPS) is 26.6. The third-order valence-corrected chi connectivity index (χ3v) is 4.62. The van der Waals surface area contributed by atoms with Crippen LogP contribution in [0.4, 0.5) is 0 Å². The van der Waals surface area contributed by atoms with Crippen molar-refractivity contribution in [1.29, 1.82) is 0 Å². The van der Waals surface area contributed by atoms with Crippen LogP contribution in [0, 0.1) is 0 Å². The van der Waals surface area contributed by atoms with Crippen molar-refractivity contribution in [1.82, 2.24) is 0 Å². The predicted octanol–water partition coefficient (Wildman–Crippen LogP) is -1.60. The average Bonchev–Trinajstić information content (AvgIpc) is 2.78. The van der Waals surface area contributed by atoms with E-state index in [1.54, 1.807) is 0 Å². The molecule has 1 saturated heterocycles. The molecule has 1 fully saturated rings. The first-order valence-corrected chi connectivity index (χ1v) is 9.55. The first kappa shape index (κ1) is 25.5. The second-order valence-electron chi connectivity index (χ2n) is 6.95. The summed E-state index contributed by atoms with van der Waals surface area (Å²) < 4.78 is 20.1. The lowest BCUT2D eigenvalue weighted by Crippen LogP contribution is -2.60. The molecule has 6 atom stereocenters. The van der Waals surface area contributed by atoms with Crippen molar-refractivity contribution in [3.05, 3.63) is 29.8 Å². The molecule has 2 rings (SSSR count). The number of methoxy groups -OCH3 is 1. The zero-order valence-electron chi connectivity index (χ0n) is 17.1. The van der Waals surface area contributed by atoms with Crippen LogP contribution in [0.5, 0.6) is 11.5 Å². The molecule has 0 aromatic heterocycles. The number of carbonyl (C=O) groups is 2. The summed E-state index contributed by atoms with van der Waals surface area (Å²) in [6, 6.07) is 3.90. The fourth-order valence-electron chi connectivity index (χ4n) is 2.80. The van der Waals surface area contributed by atoms with Gasteiger partial charge in [-0.15, -0.1) is 0 Å². The van der Waals surface area contributed by atoms with Crippen LogP contribution in [0.25, 0.3) is 6.08 Å². The minimum absolute atomic E-state index is 0.319. The first-order chi connectivity index (χ1) is 15.2. The van der Waals surface area contributed by atoms with Crippen LogP contribution in [0.3, 0.4) is 0 Å². The van der Waals surface area contributed by atoms with E-state index in [-0.39, 0.29) is 17.9 Å². The van der Waals surface area contributed by atoms with E-state index in [0.29, 0.717) is 5.56 Å². The second-order valence-corrected chi connectivity index (χ2v) is 6.95. The van der Waals surface area contributed by atoms with Crippen molar-refractivity contribution in [2.75, 3.05) is 20.3 Å². The molecular weight excluding hydrogens is 432 g/mol. The van der Waals surface area contributed by atoms with Gasteiger partial charge in [0.25, 0.3) is 0 Å². The van der Waals surface area contributed by atoms with Crippen molar-refractivity contribution in [3.8, 4) is 11.5 Å². The molecule has 1 aliphatic heterocycles. The van der Waals surface area contributed by atoms with Crippen LogP contribution in [-0.2, 0) is 28.5 Å². The van der Waals surface area contributed by atoms with E-state index in [9.17, 15) is 40.2 Å². The highest BCUT2D eigenvalue weighted by molar-refractivity contribution is 5.87. The smallest absolute Gasteiger partial charge is 0.330 e. The molecule has 0 saturated carbocycles. The number of hydrogen-bond acceptors (Lipinski definition) is 12. The molecule has 178 valence electrons. The van der Waals surface area contributed by atoms with Crippen molar-refractivity contribution in [2.24, 2.45) is 0 Å². The minimum Gasteiger partial charge on any atom is -0.504 e. The SMILES string of the molecule is COC(=O)C[C@H](CO)O[C@@H]1O[C@H](COC(=O)C=Cc2ccc(O)c(O)c2)[C@@H](O)[C@H](O)[C@H]1O. The summed E-state index contributed by atoms with van der Waals surface area (Å²) in [4.78, 5) is 23.3. The molecule has 1 heterocycles. The van der Waals surface area contributed by atoms with Gasteiger partial charge in [0.15, 0.2) is 17.8 Å². The van der Waals surface area contributed by atoms with Crippen LogP contribution in [0.15, 0.2) is 24.3 Å². The van der Waals surface area contributed by atoms with Crippen LogP contribution < -0.4 is 0 Å². The van der Waals surface area contributed by atoms with E-state index in [1.807, 2.05) is 0 Å². The van der Waals surface area contributed by atoms with Crippen molar-refractivity contribution < 1.29 is 59.2 Å². The number of ether oxygens (including phenoxy) is 4. The summed E-state index contributed by atoms with van der Waals surface area (Å²) in [6.07, 6.45) is -6.99. The standard InChI is InChI=1S/C20H26O12/c1-29-16(25)7-11(8-21)31-20-19(28)18(27)17(26)14(32-20)9-30-15(24)5-3-10-2-4-12(22)13(23)6-10/h2-6,11,14,17-23,26-28H,7-9H2,1H3/t11-,14-,17-,18+,19-,20-/m1/s1. The topological polar surface area (TPSA) is 192 Å². The molecule has 1 aromatic rings. The third-order valence-electron chi connectivity index (χ3n) is 4.62. The van der Waals surface area contributed by atoms with E-state index in [4.69, 9.17) is 14.2 Å². The molecule has 0 amide bonds. The van der Waals surface area contributed by atoms with Gasteiger partial charge < -0.3 is 49.6 Å². The number of aliphatic hydroxyl groups is 4. The van der Waals surface area contributed by atoms with Gasteiger partial charge in [0.05, 0.1) is 26.2 Å². The Morgan fingerprint density at radius 2 is 1.84 bits per heavy atom. The summed E-state index contributed by atoms with van der Waals surface area (Å²) in [7, 11) is 1.14. The Balaban J connectivity index is 1.95. The number of phenols is 2. The molecule has 12 heteroatoms. The summed E-state index contributed by atoms with van der Waals surface area (Å²) in [5.74, 6) is -2.22. The van der Waals surface area contributed by atoms with E-state index in [2.05, 4.69) is 4.74 Å². The minimum atomic E-state index is -1.72. The van der Waals surface area contributed by atoms with Crippen molar-refractivity contribution in [2.45, 2.75) is 43.2 Å². The Morgan fingerprint density at radius 1 is 1.12 bits per heavy atom. The molecule has 32 heavy (non-hydrogen) atoms. The van der Waals surface area contributed by atoms with Crippen LogP contribution in [-0.4, -0.2) is 99.7 Å². The highest BCUT2D eigenvalue weighted by atomic mass is 16.7. The Morgan fingerprint density at radius 3 is 2.47 bits per heavy atom. The molecule has 6 N–H and O–H groups in total. The van der Waals surface area contributed by atoms with Gasteiger partial charge >= 0.3 is 11.9 Å². The van der Waals surface area contributed by atoms with Crippen molar-refractivity contribution >= 4 is 18.0 Å². The molecule has 1 aromatic carbocycles. The molecular formula is C20H26O12. The lowest BCUT2D eigenvalue weighted by Gasteiger charge is -2.40. The number of rotatable bonds is 9. The number of benzene rings is 1. The maximum absolute atomic E-state index is 11.9. The number of carbonyl (C=O) groups excluding carboxylic acids is 2. The van der Waals surface area contributed by atoms with E-state index in [0.717, 1.165) is 13.2 Å². The van der Waals surface area contributed by atoms with Crippen LogP contribution >= 0.6 is 0 Å². The third kappa shape index (κ3) is 6.88. The van der Waals surface area contributed by atoms with Gasteiger partial charge in [0.1, 0.15) is 31.0 Å². The van der Waals surface area contributed by atoms with Gasteiger partial charge in [-0.1, -0.05) is 6.07 Å². The summed E-state index contributed by atoms with van der Waals surface area (Å²) in [5, 5.41) is 58.3. The lowest BCUT2D eigenvalue weighted by molar-refractivity contribution is -0.313. The van der Waals surface area contributed by atoms with E-state index in [1.165, 1.54) is 24.3 Å². The van der Waals surface area contributed by atoms with Crippen molar-refractivity contribution in [3.63, 3.8) is 0 Å². The maximum atomic E-state index is 11.9. The number of phenolic OH excluding ortho intramolecular Hbond substituents is 2. The Labute approximate surface area is 182 Å². The fraction of sp³-hybridized carbons (Fsp3) is 0.500. The van der Waals surface area contributed by atoms with Gasteiger partial charge in [0.2, 0.25) is 0 Å². The summed E-state index contributed by atoms with van der Waals surface area (Å²) >= 11 is 0. The van der Waals surface area contributed by atoms with Gasteiger partial charge in [-0.25, -0.2) is 4.79 Å². The van der Waals surface area contributed by atoms with Gasteiger partial charge in [-0.05, 0) is 23.8 Å². The number of hydrogen-bond donors (Lipinski definition) is 6. The zero-order valence-corrected chi connectivity index (χ0v) is 17.1.